The summed E-state index contributed by atoms with van der Waals surface area (Å²) >= 11 is 0. The van der Waals surface area contributed by atoms with Crippen molar-refractivity contribution in [2.45, 2.75) is 6.18 Å². The van der Waals surface area contributed by atoms with Crippen LogP contribution in [0.5, 0.6) is 0 Å². The van der Waals surface area contributed by atoms with Crippen molar-refractivity contribution in [3.63, 3.8) is 0 Å². The van der Waals surface area contributed by atoms with Crippen LogP contribution >= 0.6 is 0 Å². The van der Waals surface area contributed by atoms with Crippen LogP contribution in [0.25, 0.3) is 44.4 Å². The molecule has 0 aliphatic carbocycles. The molecule has 3 nitrogen and oxygen atoms in total. The first-order valence-electron chi connectivity index (χ1n) is 8.36. The zero-order valence-electron chi connectivity index (χ0n) is 14.1. The number of fused-ring (bicyclic) bond motifs is 3. The van der Waals surface area contributed by atoms with Crippen molar-refractivity contribution in [1.82, 2.24) is 9.97 Å². The Hall–Kier alpha value is -3.48. The summed E-state index contributed by atoms with van der Waals surface area (Å²) in [7, 11) is 0. The number of halogens is 4. The zero-order chi connectivity index (χ0) is 19.5. The Morgan fingerprint density at radius 1 is 0.786 bits per heavy atom. The monoisotopic (exact) mass is 382 g/mol. The van der Waals surface area contributed by atoms with Gasteiger partial charge in [-0.05, 0) is 42.5 Å². The number of rotatable bonds is 1. The van der Waals surface area contributed by atoms with E-state index in [2.05, 4.69) is 9.97 Å². The van der Waals surface area contributed by atoms with Crippen molar-refractivity contribution in [2.75, 3.05) is 0 Å². The molecule has 0 aliphatic rings. The normalized spacial score (nSPS) is 12.3. The summed E-state index contributed by atoms with van der Waals surface area (Å²) in [4.78, 5) is 8.62. The fraction of sp³-hybridized carbons (Fsp3) is 0.0476. The van der Waals surface area contributed by atoms with Crippen molar-refractivity contribution >= 4 is 32.9 Å². The minimum Gasteiger partial charge on any atom is -0.436 e. The third-order valence-corrected chi connectivity index (χ3v) is 4.57. The van der Waals surface area contributed by atoms with Crippen LogP contribution in [-0.4, -0.2) is 9.97 Å². The van der Waals surface area contributed by atoms with E-state index in [0.717, 1.165) is 17.5 Å². The SMILES string of the molecule is Fc1ccc2cc3ccccc3nc2c1-c1nc2cc(C(F)(F)F)ccc2o1. The predicted molar refractivity (Wildman–Crippen MR) is 97.2 cm³/mol. The smallest absolute Gasteiger partial charge is 0.416 e. The molecular formula is C21H10F4N2O. The molecular weight excluding hydrogens is 372 g/mol. The van der Waals surface area contributed by atoms with E-state index in [1.807, 2.05) is 24.3 Å². The summed E-state index contributed by atoms with van der Waals surface area (Å²) in [5, 5.41) is 1.56. The summed E-state index contributed by atoms with van der Waals surface area (Å²) in [5.41, 5.74) is 0.316. The number of pyridine rings is 1. The van der Waals surface area contributed by atoms with E-state index in [1.54, 1.807) is 12.1 Å². The van der Waals surface area contributed by atoms with Crippen molar-refractivity contribution in [1.29, 1.82) is 0 Å². The Morgan fingerprint density at radius 2 is 1.61 bits per heavy atom. The van der Waals surface area contributed by atoms with Crippen molar-refractivity contribution < 1.29 is 22.0 Å². The van der Waals surface area contributed by atoms with E-state index >= 15 is 0 Å². The van der Waals surface area contributed by atoms with Crippen LogP contribution in [0.4, 0.5) is 17.6 Å². The van der Waals surface area contributed by atoms with E-state index < -0.39 is 17.6 Å². The lowest BCUT2D eigenvalue weighted by Crippen LogP contribution is -2.03. The third-order valence-electron chi connectivity index (χ3n) is 4.57. The van der Waals surface area contributed by atoms with Crippen LogP contribution < -0.4 is 0 Å². The van der Waals surface area contributed by atoms with Gasteiger partial charge in [-0.3, -0.25) is 0 Å². The van der Waals surface area contributed by atoms with Crippen molar-refractivity contribution in [3.8, 4) is 11.5 Å². The average Bonchev–Trinajstić information content (AvgIpc) is 3.08. The summed E-state index contributed by atoms with van der Waals surface area (Å²) in [5.74, 6) is -0.724. The molecule has 5 aromatic rings. The molecule has 0 bridgehead atoms. The highest BCUT2D eigenvalue weighted by Gasteiger charge is 2.31. The lowest BCUT2D eigenvalue weighted by atomic mass is 10.1. The molecule has 0 atom stereocenters. The molecule has 0 amide bonds. The van der Waals surface area contributed by atoms with E-state index in [9.17, 15) is 17.6 Å². The van der Waals surface area contributed by atoms with Crippen LogP contribution in [0.1, 0.15) is 5.56 Å². The minimum atomic E-state index is -4.50. The molecule has 138 valence electrons. The quantitative estimate of drug-likeness (QED) is 0.250. The van der Waals surface area contributed by atoms with Crippen molar-refractivity contribution in [3.05, 3.63) is 72.0 Å². The molecule has 0 aliphatic heterocycles. The summed E-state index contributed by atoms with van der Waals surface area (Å²) in [6, 6.07) is 15.1. The number of benzene rings is 3. The predicted octanol–water partition coefficient (Wildman–Crippen LogP) is 6.35. The Balaban J connectivity index is 1.78. The number of hydrogen-bond acceptors (Lipinski definition) is 3. The van der Waals surface area contributed by atoms with Gasteiger partial charge in [-0.15, -0.1) is 0 Å². The van der Waals surface area contributed by atoms with Gasteiger partial charge in [0, 0.05) is 10.8 Å². The summed E-state index contributed by atoms with van der Waals surface area (Å²) < 4.78 is 59.1. The van der Waals surface area contributed by atoms with Gasteiger partial charge in [-0.25, -0.2) is 14.4 Å². The topological polar surface area (TPSA) is 38.9 Å². The molecule has 0 spiro atoms. The maximum Gasteiger partial charge on any atom is 0.416 e. The largest absolute Gasteiger partial charge is 0.436 e. The number of para-hydroxylation sites is 1. The first-order valence-corrected chi connectivity index (χ1v) is 8.36. The molecule has 3 aromatic carbocycles. The lowest BCUT2D eigenvalue weighted by Gasteiger charge is -2.06. The minimum absolute atomic E-state index is 0.00187. The van der Waals surface area contributed by atoms with Gasteiger partial charge >= 0.3 is 6.18 Å². The maximum atomic E-state index is 14.7. The first-order chi connectivity index (χ1) is 13.4. The van der Waals surface area contributed by atoms with Gasteiger partial charge in [0.15, 0.2) is 5.58 Å². The second-order valence-electron chi connectivity index (χ2n) is 6.37. The lowest BCUT2D eigenvalue weighted by molar-refractivity contribution is -0.137. The van der Waals surface area contributed by atoms with Gasteiger partial charge < -0.3 is 4.42 Å². The van der Waals surface area contributed by atoms with Gasteiger partial charge in [0.2, 0.25) is 5.89 Å². The molecule has 0 fully saturated rings. The fourth-order valence-electron chi connectivity index (χ4n) is 3.23. The van der Waals surface area contributed by atoms with Crippen LogP contribution in [-0.2, 0) is 6.18 Å². The van der Waals surface area contributed by atoms with Crippen LogP contribution in [0.3, 0.4) is 0 Å². The van der Waals surface area contributed by atoms with Crippen LogP contribution in [0.15, 0.2) is 65.1 Å². The van der Waals surface area contributed by atoms with Crippen LogP contribution in [0.2, 0.25) is 0 Å². The van der Waals surface area contributed by atoms with E-state index in [4.69, 9.17) is 4.42 Å². The van der Waals surface area contributed by atoms with Gasteiger partial charge in [0.05, 0.1) is 22.2 Å². The molecule has 0 radical (unpaired) electrons. The highest BCUT2D eigenvalue weighted by atomic mass is 19.4. The highest BCUT2D eigenvalue weighted by molar-refractivity contribution is 5.99. The highest BCUT2D eigenvalue weighted by Crippen LogP contribution is 2.35. The maximum absolute atomic E-state index is 14.7. The first kappa shape index (κ1) is 16.7. The summed E-state index contributed by atoms with van der Waals surface area (Å²) in [6.45, 7) is 0. The molecule has 2 aromatic heterocycles. The molecule has 0 saturated heterocycles. The van der Waals surface area contributed by atoms with Crippen molar-refractivity contribution in [2.24, 2.45) is 0 Å². The van der Waals surface area contributed by atoms with E-state index in [0.29, 0.717) is 16.4 Å². The van der Waals surface area contributed by atoms with Gasteiger partial charge in [0.1, 0.15) is 11.3 Å². The number of aromatic nitrogens is 2. The van der Waals surface area contributed by atoms with Gasteiger partial charge in [-0.2, -0.15) is 13.2 Å². The Labute approximate surface area is 155 Å². The molecule has 0 saturated carbocycles. The van der Waals surface area contributed by atoms with Gasteiger partial charge in [-0.1, -0.05) is 18.2 Å². The molecule has 7 heteroatoms. The van der Waals surface area contributed by atoms with E-state index in [1.165, 1.54) is 12.1 Å². The molecule has 28 heavy (non-hydrogen) atoms. The van der Waals surface area contributed by atoms with Crippen LogP contribution in [0, 0.1) is 5.82 Å². The number of nitrogens with zero attached hydrogens (tertiary/aromatic N) is 2. The Bertz CT molecular complexity index is 1370. The second kappa shape index (κ2) is 5.76. The molecule has 0 unspecified atom stereocenters. The van der Waals surface area contributed by atoms with Gasteiger partial charge in [0.25, 0.3) is 0 Å². The number of oxazole rings is 1. The molecule has 0 N–H and O–H groups in total. The second-order valence-corrected chi connectivity index (χ2v) is 6.37. The summed E-state index contributed by atoms with van der Waals surface area (Å²) in [6.07, 6.45) is -4.50. The standard InChI is InChI=1S/C21H10F4N2O/c22-14-7-5-12-9-11-3-1-2-4-15(11)26-19(12)18(14)20-27-16-10-13(21(23,24)25)6-8-17(16)28-20/h1-10H. The zero-order valence-corrected chi connectivity index (χ0v) is 14.1. The Morgan fingerprint density at radius 3 is 2.43 bits per heavy atom. The average molecular weight is 382 g/mol. The Kier molecular flexibility index (Phi) is 3.43. The molecule has 5 rings (SSSR count). The fourth-order valence-corrected chi connectivity index (χ4v) is 3.23. The molecule has 2 heterocycles. The number of alkyl halides is 3. The number of hydrogen-bond donors (Lipinski definition) is 0. The van der Waals surface area contributed by atoms with E-state index in [-0.39, 0.29) is 22.6 Å². The third kappa shape index (κ3) is 2.58.